The Morgan fingerprint density at radius 1 is 0.942 bits per heavy atom. The molecule has 289 valence electrons. The summed E-state index contributed by atoms with van der Waals surface area (Å²) in [6.07, 6.45) is 12.0. The van der Waals surface area contributed by atoms with Crippen LogP contribution < -0.4 is 27.8 Å². The standard InChI is InChI=1S/C40H63N6O5S/c1-44-33(26-29-17-9-5-10-18-29)37(51)45-32(21-13-14-22-41)35(49)40(30-19-11-6-12-20-30,36(50)38-46(2,3)23-24-52-38)39(43,27-47)34(48)31(42)25-28-15-7-4-8-16-28/h5,9-10,17-18,28,30-33,38,44H,4,6-8,11-16,19-26,41-43H2,1-3H3/p+1/t31-,32+,33+,38-,39+,40?/m1/s1. The van der Waals surface area contributed by atoms with Gasteiger partial charge in [-0.2, -0.15) is 0 Å². The molecule has 3 fully saturated rings. The van der Waals surface area contributed by atoms with E-state index in [0.717, 1.165) is 44.1 Å². The van der Waals surface area contributed by atoms with Crippen molar-refractivity contribution in [2.75, 3.05) is 40.0 Å². The van der Waals surface area contributed by atoms with Crippen LogP contribution in [0.15, 0.2) is 30.3 Å². The average Bonchev–Trinajstić information content (AvgIpc) is 3.52. The van der Waals surface area contributed by atoms with Crippen LogP contribution in [0, 0.1) is 17.3 Å². The number of carbonyl (C=O) groups is 4. The topological polar surface area (TPSA) is 187 Å². The van der Waals surface area contributed by atoms with Gasteiger partial charge in [-0.15, -0.1) is 0 Å². The van der Waals surface area contributed by atoms with E-state index in [0.29, 0.717) is 70.2 Å². The second kappa shape index (κ2) is 19.2. The maximum Gasteiger partial charge on any atom is 0.238 e. The average molecular weight is 741 g/mol. The summed E-state index contributed by atoms with van der Waals surface area (Å²) in [7, 11) is 5.55. The Bertz CT molecular complexity index is 1370. The zero-order valence-corrected chi connectivity index (χ0v) is 32.5. The number of nitrogens with one attached hydrogen (secondary N) is 2. The number of unbranched alkanes of at least 4 members (excludes halogenated alkanes) is 1. The summed E-state index contributed by atoms with van der Waals surface area (Å²) in [4.78, 5) is 74.1. The van der Waals surface area contributed by atoms with Crippen molar-refractivity contribution < 1.29 is 28.5 Å². The first-order valence-electron chi connectivity index (χ1n) is 19.6. The zero-order chi connectivity index (χ0) is 37.9. The van der Waals surface area contributed by atoms with E-state index in [1.165, 1.54) is 11.8 Å². The van der Waals surface area contributed by atoms with E-state index < -0.39 is 63.6 Å². The SMILES string of the molecule is CN[C@@H](Cc1ccccc1)C(=O)N[C@@H](CCCCN)C(=O)C(C(=O)[C@H]1SCC[N+]1(C)C)(C1CCCCC1)[C@](N)([C]=O)C(=O)[C@H](N)CC1CCCCC1. The molecule has 2 aliphatic carbocycles. The van der Waals surface area contributed by atoms with Crippen LogP contribution >= 0.6 is 11.8 Å². The molecule has 1 unspecified atom stereocenters. The van der Waals surface area contributed by atoms with Crippen molar-refractivity contribution in [1.29, 1.82) is 0 Å². The van der Waals surface area contributed by atoms with Gasteiger partial charge in [0.2, 0.25) is 18.0 Å². The third-order valence-electron chi connectivity index (χ3n) is 12.1. The fourth-order valence-electron chi connectivity index (χ4n) is 9.07. The van der Waals surface area contributed by atoms with Crippen molar-refractivity contribution in [1.82, 2.24) is 10.6 Å². The number of thioether (sulfide) groups is 1. The summed E-state index contributed by atoms with van der Waals surface area (Å²) in [6, 6.07) is 6.50. The second-order valence-electron chi connectivity index (χ2n) is 16.1. The molecule has 0 spiro atoms. The monoisotopic (exact) mass is 740 g/mol. The van der Waals surface area contributed by atoms with Gasteiger partial charge in [0, 0.05) is 5.75 Å². The molecule has 1 saturated heterocycles. The van der Waals surface area contributed by atoms with Crippen LogP contribution in [0.5, 0.6) is 0 Å². The van der Waals surface area contributed by atoms with Crippen molar-refractivity contribution >= 4 is 41.3 Å². The molecule has 52 heavy (non-hydrogen) atoms. The van der Waals surface area contributed by atoms with Gasteiger partial charge in [-0.05, 0) is 75.9 Å². The maximum absolute atomic E-state index is 15.8. The van der Waals surface area contributed by atoms with Gasteiger partial charge in [0.05, 0.1) is 38.8 Å². The predicted molar refractivity (Wildman–Crippen MR) is 207 cm³/mol. The lowest BCUT2D eigenvalue weighted by molar-refractivity contribution is -0.885. The van der Waals surface area contributed by atoms with Crippen LogP contribution in [0.4, 0.5) is 0 Å². The van der Waals surface area contributed by atoms with Crippen LogP contribution in [0.25, 0.3) is 0 Å². The lowest BCUT2D eigenvalue weighted by Crippen LogP contribution is -2.77. The minimum Gasteiger partial charge on any atom is -0.345 e. The highest BCUT2D eigenvalue weighted by Crippen LogP contribution is 2.51. The molecule has 11 nitrogen and oxygen atoms in total. The summed E-state index contributed by atoms with van der Waals surface area (Å²) in [5.74, 6) is -2.29. The smallest absolute Gasteiger partial charge is 0.238 e. The number of hydrogen-bond acceptors (Lipinski definition) is 10. The van der Waals surface area contributed by atoms with Crippen LogP contribution in [0.3, 0.4) is 0 Å². The first-order chi connectivity index (χ1) is 24.9. The van der Waals surface area contributed by atoms with Gasteiger partial charge in [0.15, 0.2) is 22.5 Å². The molecule has 1 aliphatic heterocycles. The van der Waals surface area contributed by atoms with Crippen molar-refractivity contribution in [2.24, 2.45) is 34.5 Å². The Balaban J connectivity index is 1.87. The fourth-order valence-corrected chi connectivity index (χ4v) is 10.7. The van der Waals surface area contributed by atoms with E-state index in [9.17, 15) is 14.4 Å². The van der Waals surface area contributed by atoms with E-state index >= 15 is 9.59 Å². The summed E-state index contributed by atoms with van der Waals surface area (Å²) >= 11 is 1.43. The van der Waals surface area contributed by atoms with Crippen LogP contribution in [-0.2, 0) is 30.4 Å². The first-order valence-corrected chi connectivity index (χ1v) is 20.6. The van der Waals surface area contributed by atoms with Gasteiger partial charge in [0.25, 0.3) is 0 Å². The van der Waals surface area contributed by atoms with Crippen molar-refractivity contribution in [2.45, 2.75) is 125 Å². The highest BCUT2D eigenvalue weighted by atomic mass is 32.2. The number of benzene rings is 1. The Kier molecular flexibility index (Phi) is 15.6. The highest BCUT2D eigenvalue weighted by Gasteiger charge is 2.71. The van der Waals surface area contributed by atoms with E-state index in [2.05, 4.69) is 10.6 Å². The number of amides is 1. The van der Waals surface area contributed by atoms with Gasteiger partial charge in [-0.3, -0.25) is 24.0 Å². The van der Waals surface area contributed by atoms with E-state index in [1.54, 1.807) is 7.05 Å². The van der Waals surface area contributed by atoms with Gasteiger partial charge < -0.3 is 32.3 Å². The number of Topliss-reactive ketones (excluding diaryl/α,β-unsaturated/α-hetero) is 3. The molecular weight excluding hydrogens is 677 g/mol. The summed E-state index contributed by atoms with van der Waals surface area (Å²) in [6.45, 7) is 1.03. The van der Waals surface area contributed by atoms with Crippen LogP contribution in [0.2, 0.25) is 0 Å². The Morgan fingerprint density at radius 2 is 1.58 bits per heavy atom. The number of nitrogens with two attached hydrogens (primary N) is 3. The number of carbonyl (C=O) groups excluding carboxylic acids is 5. The summed E-state index contributed by atoms with van der Waals surface area (Å²) in [5.41, 5.74) is 15.7. The van der Waals surface area contributed by atoms with E-state index in [1.807, 2.05) is 50.7 Å². The molecule has 1 aromatic rings. The molecule has 1 radical (unpaired) electrons. The van der Waals surface area contributed by atoms with E-state index in [-0.39, 0.29) is 16.8 Å². The molecule has 0 aromatic heterocycles. The summed E-state index contributed by atoms with van der Waals surface area (Å²) in [5, 5.41) is 5.33. The fraction of sp³-hybridized carbons (Fsp3) is 0.725. The lowest BCUT2D eigenvalue weighted by atomic mass is 9.51. The quantitative estimate of drug-likeness (QED) is 0.0756. The third-order valence-corrected chi connectivity index (χ3v) is 13.7. The Morgan fingerprint density at radius 3 is 2.13 bits per heavy atom. The highest BCUT2D eigenvalue weighted by molar-refractivity contribution is 8.00. The van der Waals surface area contributed by atoms with Gasteiger partial charge in [-0.25, -0.2) is 0 Å². The van der Waals surface area contributed by atoms with Gasteiger partial charge in [0.1, 0.15) is 5.41 Å². The number of rotatable bonds is 20. The van der Waals surface area contributed by atoms with Crippen LogP contribution in [-0.4, -0.2) is 103 Å². The number of nitrogens with zero attached hydrogens (tertiary/aromatic N) is 1. The van der Waals surface area contributed by atoms with Gasteiger partial charge in [-0.1, -0.05) is 93.5 Å². The predicted octanol–water partition coefficient (Wildman–Crippen LogP) is 2.96. The Hall–Kier alpha value is -2.48. The molecule has 0 bridgehead atoms. The second-order valence-corrected chi connectivity index (χ2v) is 17.3. The number of quaternary nitrogens is 1. The normalized spacial score (nSPS) is 23.8. The minimum atomic E-state index is -2.65. The van der Waals surface area contributed by atoms with E-state index in [4.69, 9.17) is 17.2 Å². The van der Waals surface area contributed by atoms with Crippen LogP contribution in [0.1, 0.15) is 95.5 Å². The van der Waals surface area contributed by atoms with Crippen molar-refractivity contribution in [3.8, 4) is 0 Å². The number of ketones is 3. The largest absolute Gasteiger partial charge is 0.345 e. The number of likely N-dealkylation sites (N-methyl/N-ethyl adjacent to an activating group) is 2. The first kappa shape index (κ1) is 42.3. The van der Waals surface area contributed by atoms with Gasteiger partial charge >= 0.3 is 0 Å². The molecule has 12 heteroatoms. The molecule has 1 aromatic carbocycles. The molecule has 3 aliphatic rings. The molecule has 8 N–H and O–H groups in total. The molecule has 2 saturated carbocycles. The summed E-state index contributed by atoms with van der Waals surface area (Å²) < 4.78 is 0.269. The minimum absolute atomic E-state index is 0.165. The molecule has 6 atom stereocenters. The third kappa shape index (κ3) is 9.24. The zero-order valence-electron chi connectivity index (χ0n) is 31.7. The van der Waals surface area contributed by atoms with Crippen molar-refractivity contribution in [3.63, 3.8) is 0 Å². The van der Waals surface area contributed by atoms with Crippen molar-refractivity contribution in [3.05, 3.63) is 35.9 Å². The molecule has 1 heterocycles. The molecular formula is C40H64N6O5S+. The molecule has 4 rings (SSSR count). The number of hydrogen-bond donors (Lipinski definition) is 5. The Labute approximate surface area is 315 Å². The lowest BCUT2D eigenvalue weighted by Gasteiger charge is -2.51. The molecule has 1 amide bonds. The maximum atomic E-state index is 15.8.